The van der Waals surface area contributed by atoms with Gasteiger partial charge in [0.1, 0.15) is 0 Å². The molecule has 2 rings (SSSR count). The lowest BCUT2D eigenvalue weighted by Gasteiger charge is -1.98. The van der Waals surface area contributed by atoms with E-state index >= 15 is 0 Å². The molecule has 0 spiro atoms. The van der Waals surface area contributed by atoms with Crippen molar-refractivity contribution < 1.29 is 9.90 Å². The van der Waals surface area contributed by atoms with Crippen LogP contribution in [-0.4, -0.2) is 15.6 Å². The van der Waals surface area contributed by atoms with Crippen LogP contribution in [0.15, 0.2) is 41.3 Å². The van der Waals surface area contributed by atoms with E-state index in [-0.39, 0.29) is 11.3 Å². The van der Waals surface area contributed by atoms with Gasteiger partial charge in [0.15, 0.2) is 0 Å². The van der Waals surface area contributed by atoms with Crippen molar-refractivity contribution in [3.05, 3.63) is 46.2 Å². The molecule has 0 unspecified atom stereocenters. The fraction of sp³-hybridized carbons (Fsp3) is 0.231. The molecule has 2 aromatic rings. The van der Waals surface area contributed by atoms with Crippen molar-refractivity contribution in [1.29, 1.82) is 0 Å². The van der Waals surface area contributed by atoms with Crippen LogP contribution in [0.5, 0.6) is 0 Å². The number of carbonyl (C=O) groups is 1. The molecule has 0 saturated carbocycles. The van der Waals surface area contributed by atoms with E-state index in [1.54, 1.807) is 10.8 Å². The highest BCUT2D eigenvalue weighted by molar-refractivity contribution is 7.12. The Bertz CT molecular complexity index is 586. The zero-order valence-corrected chi connectivity index (χ0v) is 10.5. The topological polar surface area (TPSA) is 59.3 Å². The number of carboxylic acid groups (broad SMARTS) is 1. The summed E-state index contributed by atoms with van der Waals surface area (Å²) in [5.41, 5.74) is 1.01. The van der Waals surface area contributed by atoms with E-state index < -0.39 is 5.97 Å². The second kappa shape index (κ2) is 5.64. The quantitative estimate of drug-likeness (QED) is 0.901. The summed E-state index contributed by atoms with van der Waals surface area (Å²) >= 11 is 1.19. The third-order valence-corrected chi connectivity index (χ3v) is 3.52. The monoisotopic (exact) mass is 263 g/mol. The smallest absolute Gasteiger partial charge is 0.307 e. The summed E-state index contributed by atoms with van der Waals surface area (Å²) in [4.78, 5) is 23.0. The molecule has 0 bridgehead atoms. The number of nitrogens with zero attached hydrogens (tertiary/aromatic N) is 1. The molecule has 0 saturated heterocycles. The largest absolute Gasteiger partial charge is 0.481 e. The van der Waals surface area contributed by atoms with Gasteiger partial charge in [-0.1, -0.05) is 41.7 Å². The van der Waals surface area contributed by atoms with E-state index in [4.69, 9.17) is 5.11 Å². The van der Waals surface area contributed by atoms with Crippen LogP contribution in [0.3, 0.4) is 0 Å². The van der Waals surface area contributed by atoms with Crippen LogP contribution in [-0.2, 0) is 11.3 Å². The third-order valence-electron chi connectivity index (χ3n) is 2.55. The minimum atomic E-state index is -0.832. The number of benzene rings is 1. The van der Waals surface area contributed by atoms with E-state index in [0.29, 0.717) is 13.0 Å². The second-order valence-electron chi connectivity index (χ2n) is 3.92. The summed E-state index contributed by atoms with van der Waals surface area (Å²) in [7, 11) is 0. The molecule has 0 aliphatic rings. The lowest BCUT2D eigenvalue weighted by Crippen LogP contribution is -2.12. The van der Waals surface area contributed by atoms with Gasteiger partial charge >= 0.3 is 10.8 Å². The van der Waals surface area contributed by atoms with Gasteiger partial charge in [0.2, 0.25) is 0 Å². The van der Waals surface area contributed by atoms with Crippen LogP contribution in [0.2, 0.25) is 0 Å². The fourth-order valence-corrected chi connectivity index (χ4v) is 2.55. The van der Waals surface area contributed by atoms with Crippen LogP contribution in [0.4, 0.5) is 0 Å². The highest BCUT2D eigenvalue weighted by Gasteiger charge is 2.06. The van der Waals surface area contributed by atoms with Gasteiger partial charge in [-0.05, 0) is 12.0 Å². The van der Waals surface area contributed by atoms with Gasteiger partial charge in [0.05, 0.1) is 4.88 Å². The molecule has 1 aromatic heterocycles. The minimum absolute atomic E-state index is 0.0424. The highest BCUT2D eigenvalue weighted by atomic mass is 32.1. The van der Waals surface area contributed by atoms with Crippen molar-refractivity contribution in [2.24, 2.45) is 0 Å². The molecule has 1 heterocycles. The molecule has 0 amide bonds. The van der Waals surface area contributed by atoms with Gasteiger partial charge in [-0.3, -0.25) is 9.59 Å². The van der Waals surface area contributed by atoms with Crippen LogP contribution in [0.25, 0.3) is 10.4 Å². The van der Waals surface area contributed by atoms with Crippen LogP contribution in [0, 0.1) is 0 Å². The summed E-state index contributed by atoms with van der Waals surface area (Å²) in [6, 6.07) is 9.68. The molecule has 1 N–H and O–H groups in total. The molecule has 0 atom stereocenters. The predicted octanol–water partition coefficient (Wildman–Crippen LogP) is 2.44. The third kappa shape index (κ3) is 3.07. The molecule has 18 heavy (non-hydrogen) atoms. The number of hydrogen-bond acceptors (Lipinski definition) is 3. The van der Waals surface area contributed by atoms with Gasteiger partial charge in [-0.2, -0.15) is 0 Å². The zero-order valence-electron chi connectivity index (χ0n) is 9.70. The van der Waals surface area contributed by atoms with Gasteiger partial charge < -0.3 is 9.67 Å². The molecular formula is C13H13NO3S. The molecule has 4 nitrogen and oxygen atoms in total. The minimum Gasteiger partial charge on any atom is -0.481 e. The Morgan fingerprint density at radius 1 is 1.28 bits per heavy atom. The Morgan fingerprint density at radius 2 is 2.00 bits per heavy atom. The first-order valence-electron chi connectivity index (χ1n) is 5.64. The van der Waals surface area contributed by atoms with Gasteiger partial charge in [-0.25, -0.2) is 0 Å². The molecule has 94 valence electrons. The lowest BCUT2D eigenvalue weighted by atomic mass is 10.2. The average Bonchev–Trinajstić information content (AvgIpc) is 2.72. The highest BCUT2D eigenvalue weighted by Crippen LogP contribution is 2.21. The van der Waals surface area contributed by atoms with Crippen molar-refractivity contribution in [1.82, 2.24) is 4.57 Å². The molecule has 0 radical (unpaired) electrons. The maximum absolute atomic E-state index is 11.7. The number of aromatic nitrogens is 1. The summed E-state index contributed by atoms with van der Waals surface area (Å²) in [5, 5.41) is 8.56. The van der Waals surface area contributed by atoms with Crippen LogP contribution in [0.1, 0.15) is 12.8 Å². The number of hydrogen-bond donors (Lipinski definition) is 1. The van der Waals surface area contributed by atoms with E-state index in [0.717, 1.165) is 10.4 Å². The second-order valence-corrected chi connectivity index (χ2v) is 4.91. The van der Waals surface area contributed by atoms with Crippen LogP contribution >= 0.6 is 11.3 Å². The van der Waals surface area contributed by atoms with E-state index in [1.165, 1.54) is 11.3 Å². The number of rotatable bonds is 5. The Labute approximate surface area is 108 Å². The first-order chi connectivity index (χ1) is 8.66. The molecule has 0 aliphatic carbocycles. The molecular weight excluding hydrogens is 250 g/mol. The Kier molecular flexibility index (Phi) is 3.94. The predicted molar refractivity (Wildman–Crippen MR) is 70.9 cm³/mol. The molecule has 0 fully saturated rings. The van der Waals surface area contributed by atoms with Crippen LogP contribution < -0.4 is 4.87 Å². The van der Waals surface area contributed by atoms with Gasteiger partial charge in [0, 0.05) is 19.2 Å². The van der Waals surface area contributed by atoms with E-state index in [2.05, 4.69) is 0 Å². The summed E-state index contributed by atoms with van der Waals surface area (Å²) in [6.07, 6.45) is 2.35. The Morgan fingerprint density at radius 3 is 2.67 bits per heavy atom. The lowest BCUT2D eigenvalue weighted by molar-refractivity contribution is -0.137. The number of aryl methyl sites for hydroxylation is 1. The van der Waals surface area contributed by atoms with Crippen molar-refractivity contribution in [2.45, 2.75) is 19.4 Å². The SMILES string of the molecule is O=C(O)CCCn1cc(-c2ccccc2)sc1=O. The Balaban J connectivity index is 2.13. The first-order valence-corrected chi connectivity index (χ1v) is 6.46. The van der Waals surface area contributed by atoms with E-state index in [1.807, 2.05) is 30.3 Å². The van der Waals surface area contributed by atoms with E-state index in [9.17, 15) is 9.59 Å². The van der Waals surface area contributed by atoms with Crippen molar-refractivity contribution in [3.63, 3.8) is 0 Å². The summed E-state index contributed by atoms with van der Waals surface area (Å²) in [5.74, 6) is -0.832. The standard InChI is InChI=1S/C13H13NO3S/c15-12(16)7-4-8-14-9-11(18-13(14)17)10-5-2-1-3-6-10/h1-3,5-6,9H,4,7-8H2,(H,15,16). The Hall–Kier alpha value is -1.88. The number of aliphatic carboxylic acids is 1. The normalized spacial score (nSPS) is 10.4. The van der Waals surface area contributed by atoms with Crippen molar-refractivity contribution in [3.8, 4) is 10.4 Å². The zero-order chi connectivity index (χ0) is 13.0. The number of thiazole rings is 1. The van der Waals surface area contributed by atoms with Gasteiger partial charge in [0.25, 0.3) is 0 Å². The summed E-state index contributed by atoms with van der Waals surface area (Å²) < 4.78 is 1.58. The molecule has 1 aromatic carbocycles. The maximum atomic E-state index is 11.7. The maximum Gasteiger partial charge on any atom is 0.307 e. The molecule has 5 heteroatoms. The fourth-order valence-electron chi connectivity index (χ4n) is 1.67. The van der Waals surface area contributed by atoms with Gasteiger partial charge in [-0.15, -0.1) is 0 Å². The number of carboxylic acids is 1. The molecule has 0 aliphatic heterocycles. The van der Waals surface area contributed by atoms with Crippen molar-refractivity contribution >= 4 is 17.3 Å². The first kappa shape index (κ1) is 12.6. The average molecular weight is 263 g/mol. The van der Waals surface area contributed by atoms with Crippen molar-refractivity contribution in [2.75, 3.05) is 0 Å². The summed E-state index contributed by atoms with van der Waals surface area (Å²) in [6.45, 7) is 0.453.